The molecule has 1 spiro atoms. The quantitative estimate of drug-likeness (QED) is 0.342. The maximum absolute atomic E-state index is 13.1. The number of nitrogens with zero attached hydrogens (tertiary/aromatic N) is 7. The van der Waals surface area contributed by atoms with Crippen molar-refractivity contribution in [2.75, 3.05) is 26.2 Å². The third-order valence-corrected chi connectivity index (χ3v) is 6.00. The van der Waals surface area contributed by atoms with Gasteiger partial charge in [-0.25, -0.2) is 9.80 Å². The normalized spacial score (nSPS) is 22.9. The second kappa shape index (κ2) is 8.51. The lowest BCUT2D eigenvalue weighted by atomic mass is 9.79. The van der Waals surface area contributed by atoms with Crippen LogP contribution in [0.3, 0.4) is 0 Å². The molecule has 3 aliphatic heterocycles. The molecule has 1 atom stereocenters. The minimum Gasteiger partial charge on any atom is -0.456 e. The van der Waals surface area contributed by atoms with Gasteiger partial charge in [-0.15, -0.1) is 5.10 Å². The van der Waals surface area contributed by atoms with Gasteiger partial charge in [-0.05, 0) is 55.4 Å². The molecule has 1 aromatic heterocycles. The molecular weight excluding hydrogens is 418 g/mol. The summed E-state index contributed by atoms with van der Waals surface area (Å²) in [6.45, 7) is 3.18. The van der Waals surface area contributed by atoms with Crippen LogP contribution in [0.2, 0.25) is 0 Å². The number of aromatic nitrogens is 4. The zero-order valence-corrected chi connectivity index (χ0v) is 17.6. The molecule has 0 radical (unpaired) electrons. The zero-order chi connectivity index (χ0) is 22.9. The highest BCUT2D eigenvalue weighted by Crippen LogP contribution is 2.38. The van der Waals surface area contributed by atoms with Crippen molar-refractivity contribution in [3.8, 4) is 0 Å². The van der Waals surface area contributed by atoms with E-state index >= 15 is 0 Å². The number of ether oxygens (including phenoxy) is 1. The molecule has 4 rings (SSSR count). The van der Waals surface area contributed by atoms with Gasteiger partial charge < -0.3 is 26.2 Å². The van der Waals surface area contributed by atoms with E-state index in [1.807, 2.05) is 4.90 Å². The smallest absolute Gasteiger partial charge is 0.336 e. The minimum absolute atomic E-state index is 0.0557. The van der Waals surface area contributed by atoms with E-state index in [4.69, 9.17) is 16.2 Å². The van der Waals surface area contributed by atoms with Crippen LogP contribution in [0.1, 0.15) is 19.8 Å². The molecule has 0 bridgehead atoms. The van der Waals surface area contributed by atoms with Crippen molar-refractivity contribution in [3.05, 3.63) is 35.4 Å². The molecule has 1 amide bonds. The molecule has 5 N–H and O–H groups in total. The van der Waals surface area contributed by atoms with Crippen LogP contribution in [0.5, 0.6) is 0 Å². The predicted octanol–water partition coefficient (Wildman–Crippen LogP) is -1.63. The number of cyclic esters (lactones) is 1. The number of allylic oxidation sites excluding steroid dienone is 2. The Labute approximate surface area is 183 Å². The largest absolute Gasteiger partial charge is 0.456 e. The van der Waals surface area contributed by atoms with E-state index in [2.05, 4.69) is 20.6 Å². The number of aliphatic hydroxyl groups excluding tert-OH is 1. The van der Waals surface area contributed by atoms with Crippen LogP contribution in [0, 0.1) is 5.41 Å². The number of hydrazone groups is 1. The van der Waals surface area contributed by atoms with E-state index < -0.39 is 17.5 Å². The molecule has 1 aromatic rings. The number of nitrogens with two attached hydrogens (primary N) is 2. The van der Waals surface area contributed by atoms with Crippen LogP contribution in [-0.4, -0.2) is 85.7 Å². The van der Waals surface area contributed by atoms with E-state index in [1.54, 1.807) is 13.1 Å². The SMILES string of the molecule is CC1=C(N2N=CC3(CCN(CC(O)/C(N)=C/C=C(\N)n4cnnn4)CC3)C2=O)COC1=O. The molecule has 3 aliphatic rings. The van der Waals surface area contributed by atoms with Gasteiger partial charge in [0.2, 0.25) is 0 Å². The number of esters is 1. The zero-order valence-electron chi connectivity index (χ0n) is 17.6. The van der Waals surface area contributed by atoms with Crippen molar-refractivity contribution in [2.45, 2.75) is 25.9 Å². The first-order chi connectivity index (χ1) is 15.3. The molecule has 170 valence electrons. The van der Waals surface area contributed by atoms with Gasteiger partial charge in [-0.2, -0.15) is 9.78 Å². The summed E-state index contributed by atoms with van der Waals surface area (Å²) in [5, 5.41) is 26.7. The fraction of sp³-hybridized carbons (Fsp3) is 0.474. The first-order valence-corrected chi connectivity index (χ1v) is 10.1. The van der Waals surface area contributed by atoms with Crippen LogP contribution < -0.4 is 11.5 Å². The van der Waals surface area contributed by atoms with Crippen LogP contribution >= 0.6 is 0 Å². The maximum Gasteiger partial charge on any atom is 0.336 e. The summed E-state index contributed by atoms with van der Waals surface area (Å²) in [6.07, 6.45) is 6.24. The highest BCUT2D eigenvalue weighted by molar-refractivity contribution is 6.04. The summed E-state index contributed by atoms with van der Waals surface area (Å²) < 4.78 is 6.27. The molecular formula is C19H25N9O4. The number of hydrogen-bond donors (Lipinski definition) is 3. The fourth-order valence-corrected chi connectivity index (χ4v) is 3.84. The molecule has 0 saturated carbocycles. The van der Waals surface area contributed by atoms with Crippen molar-refractivity contribution >= 4 is 23.9 Å². The number of tetrazole rings is 1. The number of amides is 1. The molecule has 1 fully saturated rings. The van der Waals surface area contributed by atoms with Crippen molar-refractivity contribution in [1.29, 1.82) is 0 Å². The minimum atomic E-state index is -0.902. The van der Waals surface area contributed by atoms with Crippen molar-refractivity contribution in [3.63, 3.8) is 0 Å². The number of likely N-dealkylation sites (tertiary alicyclic amines) is 1. The second-order valence-corrected chi connectivity index (χ2v) is 7.99. The highest BCUT2D eigenvalue weighted by Gasteiger charge is 2.48. The number of aliphatic hydroxyl groups is 1. The number of carbonyl (C=O) groups excluding carboxylic acids is 2. The molecule has 4 heterocycles. The van der Waals surface area contributed by atoms with Gasteiger partial charge in [-0.1, -0.05) is 0 Å². The van der Waals surface area contributed by atoms with Gasteiger partial charge in [0.1, 0.15) is 24.9 Å². The molecule has 13 nitrogen and oxygen atoms in total. The van der Waals surface area contributed by atoms with Gasteiger partial charge >= 0.3 is 5.97 Å². The third-order valence-electron chi connectivity index (χ3n) is 6.00. The summed E-state index contributed by atoms with van der Waals surface area (Å²) in [5.74, 6) is -0.311. The van der Waals surface area contributed by atoms with Crippen molar-refractivity contribution < 1.29 is 19.4 Å². The Bertz CT molecular complexity index is 1020. The van der Waals surface area contributed by atoms with Crippen LogP contribution in [0.15, 0.2) is 40.5 Å². The first-order valence-electron chi connectivity index (χ1n) is 10.1. The number of hydrogen-bond acceptors (Lipinski definition) is 11. The molecule has 32 heavy (non-hydrogen) atoms. The lowest BCUT2D eigenvalue weighted by molar-refractivity contribution is -0.138. The van der Waals surface area contributed by atoms with E-state index in [9.17, 15) is 14.7 Å². The summed E-state index contributed by atoms with van der Waals surface area (Å²) in [4.78, 5) is 26.7. The van der Waals surface area contributed by atoms with Crippen LogP contribution in [0.25, 0.3) is 5.82 Å². The Balaban J connectivity index is 1.33. The van der Waals surface area contributed by atoms with Crippen LogP contribution in [0.4, 0.5) is 0 Å². The molecule has 0 aromatic carbocycles. The van der Waals surface area contributed by atoms with Gasteiger partial charge in [0, 0.05) is 18.5 Å². The van der Waals surface area contributed by atoms with E-state index in [0.29, 0.717) is 43.7 Å². The molecule has 1 unspecified atom stereocenters. The highest BCUT2D eigenvalue weighted by atomic mass is 16.5. The molecule has 0 aliphatic carbocycles. The summed E-state index contributed by atoms with van der Waals surface area (Å²) in [7, 11) is 0. The summed E-state index contributed by atoms with van der Waals surface area (Å²) >= 11 is 0. The number of rotatable bonds is 6. The number of piperidine rings is 1. The van der Waals surface area contributed by atoms with Gasteiger partial charge in [0.15, 0.2) is 0 Å². The van der Waals surface area contributed by atoms with Crippen molar-refractivity contribution in [1.82, 2.24) is 30.1 Å². The topological polar surface area (TPSA) is 178 Å². The monoisotopic (exact) mass is 443 g/mol. The van der Waals surface area contributed by atoms with Crippen molar-refractivity contribution in [2.24, 2.45) is 22.0 Å². The molecule has 13 heteroatoms. The van der Waals surface area contributed by atoms with Gasteiger partial charge in [-0.3, -0.25) is 4.79 Å². The lowest BCUT2D eigenvalue weighted by Gasteiger charge is -2.37. The Morgan fingerprint density at radius 1 is 1.31 bits per heavy atom. The Hall–Kier alpha value is -3.58. The van der Waals surface area contributed by atoms with E-state index in [0.717, 1.165) is 0 Å². The third kappa shape index (κ3) is 3.99. The number of β-amino-alcohol motifs (C(OH)–C–C–N with tert-alkyl or cyclic N) is 1. The molecule has 1 saturated heterocycles. The summed E-state index contributed by atoms with van der Waals surface area (Å²) in [6, 6.07) is 0. The Kier molecular flexibility index (Phi) is 5.76. The number of carbonyl (C=O) groups is 2. The maximum atomic E-state index is 13.1. The average molecular weight is 443 g/mol. The first kappa shape index (κ1) is 21.6. The van der Waals surface area contributed by atoms with Crippen LogP contribution in [-0.2, 0) is 14.3 Å². The predicted molar refractivity (Wildman–Crippen MR) is 112 cm³/mol. The van der Waals surface area contributed by atoms with Gasteiger partial charge in [0.05, 0.1) is 16.7 Å². The standard InChI is InChI=1S/C19H25N9O4/c1-12-14(9-32-17(12)30)28-18(31)19(10-23-28)4-6-26(7-5-19)8-15(29)13(20)2-3-16(21)27-11-22-24-25-27/h2-3,10-11,15,29H,4-9,20-21H2,1H3/b13-2-,16-3+. The Morgan fingerprint density at radius 3 is 2.69 bits per heavy atom. The van der Waals surface area contributed by atoms with Gasteiger partial charge in [0.25, 0.3) is 5.91 Å². The Morgan fingerprint density at radius 2 is 2.06 bits per heavy atom. The average Bonchev–Trinajstić information content (AvgIpc) is 3.51. The fourth-order valence-electron chi connectivity index (χ4n) is 3.84. The van der Waals surface area contributed by atoms with E-state index in [1.165, 1.54) is 28.2 Å². The van der Waals surface area contributed by atoms with E-state index in [-0.39, 0.29) is 24.0 Å². The lowest BCUT2D eigenvalue weighted by Crippen LogP contribution is -2.48. The second-order valence-electron chi connectivity index (χ2n) is 7.99. The summed E-state index contributed by atoms with van der Waals surface area (Å²) in [5.41, 5.74) is 12.3.